The molecule has 0 saturated carbocycles. The number of carbonyl (C=O) groups excluding carboxylic acids is 1. The van der Waals surface area contributed by atoms with Crippen molar-refractivity contribution in [1.29, 1.82) is 0 Å². The SMILES string of the molecule is CC(=O)c1coc(C2CCS(=O)(=O)CC2)n1. The quantitative estimate of drug-likeness (QED) is 0.729. The molecular weight excluding hydrogens is 230 g/mol. The molecule has 0 unspecified atom stereocenters. The molecule has 1 aliphatic rings. The molecule has 0 radical (unpaired) electrons. The first kappa shape index (κ1) is 11.3. The summed E-state index contributed by atoms with van der Waals surface area (Å²) < 4.78 is 27.7. The second-order valence-corrected chi connectivity index (χ2v) is 6.36. The molecule has 6 heteroatoms. The average Bonchev–Trinajstić information content (AvgIpc) is 2.66. The summed E-state index contributed by atoms with van der Waals surface area (Å²) >= 11 is 0. The fourth-order valence-corrected chi connectivity index (χ4v) is 3.27. The molecule has 2 heterocycles. The third-order valence-corrected chi connectivity index (χ3v) is 4.50. The van der Waals surface area contributed by atoms with E-state index >= 15 is 0 Å². The molecule has 1 fully saturated rings. The molecule has 1 saturated heterocycles. The highest BCUT2D eigenvalue weighted by Crippen LogP contribution is 2.28. The molecule has 0 aromatic carbocycles. The van der Waals surface area contributed by atoms with Gasteiger partial charge in [0.1, 0.15) is 21.8 Å². The van der Waals surface area contributed by atoms with E-state index in [0.29, 0.717) is 24.4 Å². The molecule has 1 aliphatic heterocycles. The van der Waals surface area contributed by atoms with Crippen molar-refractivity contribution in [3.63, 3.8) is 0 Å². The molecule has 0 spiro atoms. The summed E-state index contributed by atoms with van der Waals surface area (Å²) in [5.74, 6) is 0.723. The minimum atomic E-state index is -2.87. The summed E-state index contributed by atoms with van der Waals surface area (Å²) in [5, 5.41) is 0. The predicted octanol–water partition coefficient (Wildman–Crippen LogP) is 1.17. The van der Waals surface area contributed by atoms with E-state index in [4.69, 9.17) is 4.42 Å². The van der Waals surface area contributed by atoms with Gasteiger partial charge in [-0.1, -0.05) is 0 Å². The lowest BCUT2D eigenvalue weighted by Crippen LogP contribution is -2.22. The zero-order valence-corrected chi connectivity index (χ0v) is 9.79. The summed E-state index contributed by atoms with van der Waals surface area (Å²) in [5.41, 5.74) is 0.309. The van der Waals surface area contributed by atoms with Gasteiger partial charge in [-0.15, -0.1) is 0 Å². The first-order valence-electron chi connectivity index (χ1n) is 5.15. The molecule has 88 valence electrons. The van der Waals surface area contributed by atoms with Gasteiger partial charge in [-0.2, -0.15) is 0 Å². The lowest BCUT2D eigenvalue weighted by Gasteiger charge is -2.18. The maximum absolute atomic E-state index is 11.2. The van der Waals surface area contributed by atoms with Gasteiger partial charge < -0.3 is 4.42 Å². The van der Waals surface area contributed by atoms with E-state index in [1.54, 1.807) is 0 Å². The Morgan fingerprint density at radius 1 is 1.44 bits per heavy atom. The zero-order chi connectivity index (χ0) is 11.8. The second-order valence-electron chi connectivity index (χ2n) is 4.05. The number of sulfone groups is 1. The summed E-state index contributed by atoms with van der Waals surface area (Å²) in [4.78, 5) is 15.1. The van der Waals surface area contributed by atoms with Crippen LogP contribution in [0.1, 0.15) is 42.1 Å². The van der Waals surface area contributed by atoms with E-state index in [0.717, 1.165) is 0 Å². The normalized spacial score (nSPS) is 20.8. The molecule has 0 atom stereocenters. The Labute approximate surface area is 93.8 Å². The van der Waals surface area contributed by atoms with Gasteiger partial charge in [0.05, 0.1) is 11.5 Å². The molecule has 0 N–H and O–H groups in total. The van der Waals surface area contributed by atoms with Crippen LogP contribution in [0.3, 0.4) is 0 Å². The molecule has 1 aromatic heterocycles. The minimum Gasteiger partial charge on any atom is -0.448 e. The summed E-state index contributed by atoms with van der Waals surface area (Å²) in [6, 6.07) is 0. The highest BCUT2D eigenvalue weighted by Gasteiger charge is 2.28. The lowest BCUT2D eigenvalue weighted by atomic mass is 10.0. The van der Waals surface area contributed by atoms with E-state index in [9.17, 15) is 13.2 Å². The third-order valence-electron chi connectivity index (χ3n) is 2.79. The van der Waals surface area contributed by atoms with E-state index in [2.05, 4.69) is 4.98 Å². The van der Waals surface area contributed by atoms with Crippen LogP contribution in [0.2, 0.25) is 0 Å². The van der Waals surface area contributed by atoms with E-state index < -0.39 is 9.84 Å². The number of nitrogens with zero attached hydrogens (tertiary/aromatic N) is 1. The van der Waals surface area contributed by atoms with Crippen LogP contribution in [0.25, 0.3) is 0 Å². The number of oxazole rings is 1. The second kappa shape index (κ2) is 4.01. The van der Waals surface area contributed by atoms with Gasteiger partial charge in [0.2, 0.25) is 0 Å². The van der Waals surface area contributed by atoms with Crippen molar-refractivity contribution in [3.05, 3.63) is 17.8 Å². The maximum atomic E-state index is 11.2. The number of carbonyl (C=O) groups is 1. The van der Waals surface area contributed by atoms with Crippen LogP contribution in [0.5, 0.6) is 0 Å². The van der Waals surface area contributed by atoms with Gasteiger partial charge in [-0.3, -0.25) is 4.79 Å². The molecule has 0 bridgehead atoms. The Morgan fingerprint density at radius 3 is 2.56 bits per heavy atom. The molecule has 0 amide bonds. The van der Waals surface area contributed by atoms with Gasteiger partial charge in [-0.25, -0.2) is 13.4 Å². The van der Waals surface area contributed by atoms with Crippen molar-refractivity contribution in [2.75, 3.05) is 11.5 Å². The summed E-state index contributed by atoms with van der Waals surface area (Å²) in [7, 11) is -2.87. The van der Waals surface area contributed by atoms with Gasteiger partial charge in [0.25, 0.3) is 0 Å². The van der Waals surface area contributed by atoms with Crippen LogP contribution < -0.4 is 0 Å². The molecule has 5 nitrogen and oxygen atoms in total. The van der Waals surface area contributed by atoms with E-state index in [1.165, 1.54) is 13.2 Å². The van der Waals surface area contributed by atoms with Crippen molar-refractivity contribution >= 4 is 15.6 Å². The number of aromatic nitrogens is 1. The Kier molecular flexibility index (Phi) is 2.84. The monoisotopic (exact) mass is 243 g/mol. The van der Waals surface area contributed by atoms with Crippen LogP contribution in [0.4, 0.5) is 0 Å². The van der Waals surface area contributed by atoms with Gasteiger partial charge >= 0.3 is 0 Å². The van der Waals surface area contributed by atoms with Gasteiger partial charge in [-0.05, 0) is 12.8 Å². The van der Waals surface area contributed by atoms with Crippen LogP contribution >= 0.6 is 0 Å². The zero-order valence-electron chi connectivity index (χ0n) is 8.97. The fraction of sp³-hybridized carbons (Fsp3) is 0.600. The van der Waals surface area contributed by atoms with Crippen LogP contribution in [-0.2, 0) is 9.84 Å². The molecular formula is C10H13NO4S. The Balaban J connectivity index is 2.11. The highest BCUT2D eigenvalue weighted by molar-refractivity contribution is 7.91. The standard InChI is InChI=1S/C10H13NO4S/c1-7(12)9-6-15-10(11-9)8-2-4-16(13,14)5-3-8/h6,8H,2-5H2,1H3. The van der Waals surface area contributed by atoms with Gasteiger partial charge in [0, 0.05) is 12.8 Å². The molecule has 1 aromatic rings. The third kappa shape index (κ3) is 2.32. The lowest BCUT2D eigenvalue weighted by molar-refractivity contribution is 0.101. The first-order chi connectivity index (χ1) is 7.48. The molecule has 0 aliphatic carbocycles. The summed E-state index contributed by atoms with van der Waals surface area (Å²) in [6.45, 7) is 1.42. The van der Waals surface area contributed by atoms with Gasteiger partial charge in [0.15, 0.2) is 11.7 Å². The highest BCUT2D eigenvalue weighted by atomic mass is 32.2. The average molecular weight is 243 g/mol. The van der Waals surface area contributed by atoms with Crippen molar-refractivity contribution in [2.45, 2.75) is 25.7 Å². The van der Waals surface area contributed by atoms with Crippen LogP contribution in [0, 0.1) is 0 Å². The Hall–Kier alpha value is -1.17. The first-order valence-corrected chi connectivity index (χ1v) is 6.97. The number of rotatable bonds is 2. The van der Waals surface area contributed by atoms with Crippen LogP contribution in [0.15, 0.2) is 10.7 Å². The van der Waals surface area contributed by atoms with E-state index in [-0.39, 0.29) is 23.2 Å². The Morgan fingerprint density at radius 2 is 2.06 bits per heavy atom. The largest absolute Gasteiger partial charge is 0.448 e. The topological polar surface area (TPSA) is 77.2 Å². The predicted molar refractivity (Wildman–Crippen MR) is 57.1 cm³/mol. The minimum absolute atomic E-state index is 0.0247. The van der Waals surface area contributed by atoms with E-state index in [1.807, 2.05) is 0 Å². The number of ketones is 1. The summed E-state index contributed by atoms with van der Waals surface area (Å²) in [6.07, 6.45) is 2.39. The number of Topliss-reactive ketones (excluding diaryl/α,β-unsaturated/α-hetero) is 1. The Bertz CT molecular complexity index is 489. The molecule has 16 heavy (non-hydrogen) atoms. The number of hydrogen-bond donors (Lipinski definition) is 0. The van der Waals surface area contributed by atoms with Crippen molar-refractivity contribution in [1.82, 2.24) is 4.98 Å². The maximum Gasteiger partial charge on any atom is 0.197 e. The van der Waals surface area contributed by atoms with Crippen molar-refractivity contribution < 1.29 is 17.6 Å². The van der Waals surface area contributed by atoms with Crippen molar-refractivity contribution in [3.8, 4) is 0 Å². The molecule has 2 rings (SSSR count). The number of hydrogen-bond acceptors (Lipinski definition) is 5. The fourth-order valence-electron chi connectivity index (χ4n) is 1.77. The van der Waals surface area contributed by atoms with Crippen LogP contribution in [-0.4, -0.2) is 30.7 Å². The van der Waals surface area contributed by atoms with Crippen molar-refractivity contribution in [2.24, 2.45) is 0 Å². The smallest absolute Gasteiger partial charge is 0.197 e.